The summed E-state index contributed by atoms with van der Waals surface area (Å²) in [6, 6.07) is 10.1. The summed E-state index contributed by atoms with van der Waals surface area (Å²) >= 11 is 5.93. The van der Waals surface area contributed by atoms with Crippen LogP contribution < -0.4 is 11.1 Å². The van der Waals surface area contributed by atoms with Gasteiger partial charge in [0.2, 0.25) is 11.8 Å². The second-order valence-electron chi connectivity index (χ2n) is 4.48. The van der Waals surface area contributed by atoms with E-state index in [0.29, 0.717) is 11.1 Å². The molecule has 2 aromatic rings. The lowest BCUT2D eigenvalue weighted by molar-refractivity contribution is -0.111. The van der Waals surface area contributed by atoms with Crippen LogP contribution in [-0.2, 0) is 4.79 Å². The Bertz CT molecular complexity index is 840. The minimum Gasteiger partial charge on any atom is -0.366 e. The second kappa shape index (κ2) is 7.20. The average Bonchev–Trinajstić information content (AvgIpc) is 2.55. The van der Waals surface area contributed by atoms with Crippen molar-refractivity contribution in [3.05, 3.63) is 64.3 Å². The molecule has 1 aromatic heterocycles. The highest BCUT2D eigenvalue weighted by atomic mass is 35.5. The van der Waals surface area contributed by atoms with Gasteiger partial charge in [-0.15, -0.1) is 0 Å². The molecule has 0 saturated carbocycles. The van der Waals surface area contributed by atoms with Crippen molar-refractivity contribution >= 4 is 35.3 Å². The number of rotatable bonds is 4. The predicted molar refractivity (Wildman–Crippen MR) is 86.6 cm³/mol. The third kappa shape index (κ3) is 4.40. The molecule has 0 aliphatic carbocycles. The van der Waals surface area contributed by atoms with Gasteiger partial charge in [-0.05, 0) is 29.8 Å². The standard InChI is InChI=1S/C16H11ClN4O2/c17-13-7-12(15(19)23)9-20-16(13)21-14(22)5-4-10-2-1-3-11(6-10)8-18/h1-7,9H,(H2,19,23)(H,20,21,22). The summed E-state index contributed by atoms with van der Waals surface area (Å²) in [5, 5.41) is 11.4. The normalized spacial score (nSPS) is 10.3. The molecule has 0 atom stereocenters. The molecule has 0 unspecified atom stereocenters. The van der Waals surface area contributed by atoms with Crippen LogP contribution in [0.25, 0.3) is 6.08 Å². The van der Waals surface area contributed by atoms with E-state index in [0.717, 1.165) is 0 Å². The molecule has 7 heteroatoms. The molecular formula is C16H11ClN4O2. The van der Waals surface area contributed by atoms with E-state index < -0.39 is 11.8 Å². The zero-order valence-electron chi connectivity index (χ0n) is 11.8. The number of anilines is 1. The van der Waals surface area contributed by atoms with Crippen LogP contribution in [0.5, 0.6) is 0 Å². The number of nitrogens with two attached hydrogens (primary N) is 1. The number of hydrogen-bond acceptors (Lipinski definition) is 4. The van der Waals surface area contributed by atoms with Gasteiger partial charge in [0.15, 0.2) is 5.82 Å². The van der Waals surface area contributed by atoms with Crippen LogP contribution in [0, 0.1) is 11.3 Å². The Labute approximate surface area is 137 Å². The topological polar surface area (TPSA) is 109 Å². The van der Waals surface area contributed by atoms with Gasteiger partial charge in [0.05, 0.1) is 22.2 Å². The van der Waals surface area contributed by atoms with Crippen molar-refractivity contribution in [2.75, 3.05) is 5.32 Å². The highest BCUT2D eigenvalue weighted by molar-refractivity contribution is 6.33. The predicted octanol–water partition coefficient (Wildman–Crippen LogP) is 2.36. The first-order chi connectivity index (χ1) is 11.0. The number of nitrogens with zero attached hydrogens (tertiary/aromatic N) is 2. The van der Waals surface area contributed by atoms with Crippen molar-refractivity contribution in [1.29, 1.82) is 5.26 Å². The van der Waals surface area contributed by atoms with Crippen molar-refractivity contribution in [3.63, 3.8) is 0 Å². The molecule has 0 aliphatic rings. The summed E-state index contributed by atoms with van der Waals surface area (Å²) in [6.45, 7) is 0. The van der Waals surface area contributed by atoms with Gasteiger partial charge >= 0.3 is 0 Å². The van der Waals surface area contributed by atoms with Crippen LogP contribution in [0.3, 0.4) is 0 Å². The number of carbonyl (C=O) groups is 2. The molecule has 23 heavy (non-hydrogen) atoms. The zero-order chi connectivity index (χ0) is 16.8. The molecule has 0 fully saturated rings. The van der Waals surface area contributed by atoms with Gasteiger partial charge in [-0.3, -0.25) is 9.59 Å². The lowest BCUT2D eigenvalue weighted by atomic mass is 10.1. The minimum atomic E-state index is -0.658. The van der Waals surface area contributed by atoms with E-state index in [1.165, 1.54) is 18.3 Å². The highest BCUT2D eigenvalue weighted by Crippen LogP contribution is 2.20. The number of nitriles is 1. The summed E-state index contributed by atoms with van der Waals surface area (Å²) in [6.07, 6.45) is 4.07. The van der Waals surface area contributed by atoms with E-state index in [-0.39, 0.29) is 16.4 Å². The summed E-state index contributed by atoms with van der Waals surface area (Å²) in [4.78, 5) is 26.7. The molecule has 114 valence electrons. The Morgan fingerprint density at radius 1 is 1.35 bits per heavy atom. The number of carbonyl (C=O) groups excluding carboxylic acids is 2. The van der Waals surface area contributed by atoms with Gasteiger partial charge < -0.3 is 11.1 Å². The smallest absolute Gasteiger partial charge is 0.250 e. The maximum absolute atomic E-state index is 11.9. The summed E-state index contributed by atoms with van der Waals surface area (Å²) in [5.74, 6) is -0.986. The molecule has 0 aliphatic heterocycles. The van der Waals surface area contributed by atoms with E-state index in [2.05, 4.69) is 10.3 Å². The Balaban J connectivity index is 2.09. The van der Waals surface area contributed by atoms with Crippen LogP contribution in [0.1, 0.15) is 21.5 Å². The molecule has 6 nitrogen and oxygen atoms in total. The average molecular weight is 327 g/mol. The van der Waals surface area contributed by atoms with Crippen LogP contribution in [-0.4, -0.2) is 16.8 Å². The number of halogens is 1. The largest absolute Gasteiger partial charge is 0.366 e. The van der Waals surface area contributed by atoms with E-state index in [9.17, 15) is 9.59 Å². The summed E-state index contributed by atoms with van der Waals surface area (Å²) in [5.41, 5.74) is 6.47. The molecule has 0 spiro atoms. The van der Waals surface area contributed by atoms with Crippen LogP contribution in [0.2, 0.25) is 5.02 Å². The lowest BCUT2D eigenvalue weighted by Gasteiger charge is -2.04. The van der Waals surface area contributed by atoms with Gasteiger partial charge in [0.25, 0.3) is 0 Å². The summed E-state index contributed by atoms with van der Waals surface area (Å²) in [7, 11) is 0. The second-order valence-corrected chi connectivity index (χ2v) is 4.89. The fourth-order valence-corrected chi connectivity index (χ4v) is 1.92. The van der Waals surface area contributed by atoms with Crippen molar-refractivity contribution < 1.29 is 9.59 Å². The third-order valence-electron chi connectivity index (χ3n) is 2.81. The highest BCUT2D eigenvalue weighted by Gasteiger charge is 2.08. The molecule has 0 radical (unpaired) electrons. The molecular weight excluding hydrogens is 316 g/mol. The first-order valence-electron chi connectivity index (χ1n) is 6.44. The molecule has 3 N–H and O–H groups in total. The zero-order valence-corrected chi connectivity index (χ0v) is 12.5. The van der Waals surface area contributed by atoms with Crippen molar-refractivity contribution in [1.82, 2.24) is 4.98 Å². The van der Waals surface area contributed by atoms with Crippen molar-refractivity contribution in [2.24, 2.45) is 5.73 Å². The Kier molecular flexibility index (Phi) is 5.07. The number of pyridine rings is 1. The first kappa shape index (κ1) is 16.2. The SMILES string of the molecule is N#Cc1cccc(C=CC(=O)Nc2ncc(C(N)=O)cc2Cl)c1. The van der Waals surface area contributed by atoms with Crippen molar-refractivity contribution in [2.45, 2.75) is 0 Å². The quantitative estimate of drug-likeness (QED) is 0.840. The Hall–Kier alpha value is -3.17. The third-order valence-corrected chi connectivity index (χ3v) is 3.10. The number of hydrogen-bond donors (Lipinski definition) is 2. The maximum Gasteiger partial charge on any atom is 0.250 e. The Morgan fingerprint density at radius 2 is 2.13 bits per heavy atom. The van der Waals surface area contributed by atoms with Crippen LogP contribution >= 0.6 is 11.6 Å². The molecule has 1 heterocycles. The fraction of sp³-hybridized carbons (Fsp3) is 0. The number of benzene rings is 1. The first-order valence-corrected chi connectivity index (χ1v) is 6.82. The van der Waals surface area contributed by atoms with E-state index in [4.69, 9.17) is 22.6 Å². The van der Waals surface area contributed by atoms with Gasteiger partial charge in [-0.25, -0.2) is 4.98 Å². The van der Waals surface area contributed by atoms with E-state index >= 15 is 0 Å². The molecule has 0 saturated heterocycles. The van der Waals surface area contributed by atoms with Crippen LogP contribution in [0.15, 0.2) is 42.6 Å². The number of amides is 2. The van der Waals surface area contributed by atoms with Crippen molar-refractivity contribution in [3.8, 4) is 6.07 Å². The van der Waals surface area contributed by atoms with Gasteiger partial charge in [-0.1, -0.05) is 23.7 Å². The minimum absolute atomic E-state index is 0.106. The number of primary amides is 1. The molecule has 0 bridgehead atoms. The molecule has 1 aromatic carbocycles. The number of nitrogens with one attached hydrogen (secondary N) is 1. The Morgan fingerprint density at radius 3 is 2.78 bits per heavy atom. The van der Waals surface area contributed by atoms with E-state index in [1.807, 2.05) is 6.07 Å². The summed E-state index contributed by atoms with van der Waals surface area (Å²) < 4.78 is 0. The maximum atomic E-state index is 11.9. The fourth-order valence-electron chi connectivity index (χ4n) is 1.71. The number of aromatic nitrogens is 1. The lowest BCUT2D eigenvalue weighted by Crippen LogP contribution is -2.13. The monoisotopic (exact) mass is 326 g/mol. The van der Waals surface area contributed by atoms with Gasteiger partial charge in [0, 0.05) is 12.3 Å². The van der Waals surface area contributed by atoms with Crippen LogP contribution in [0.4, 0.5) is 5.82 Å². The van der Waals surface area contributed by atoms with Gasteiger partial charge in [-0.2, -0.15) is 5.26 Å². The van der Waals surface area contributed by atoms with E-state index in [1.54, 1.807) is 30.3 Å². The molecule has 2 amide bonds. The van der Waals surface area contributed by atoms with Gasteiger partial charge in [0.1, 0.15) is 0 Å². The molecule has 2 rings (SSSR count).